The number of hydrogen-bond donors (Lipinski definition) is 0. The van der Waals surface area contributed by atoms with Crippen LogP contribution < -0.4 is 0 Å². The molecule has 0 radical (unpaired) electrons. The van der Waals surface area contributed by atoms with E-state index in [1.54, 1.807) is 4.31 Å². The minimum absolute atomic E-state index is 0.454. The molecule has 0 atom stereocenters. The zero-order chi connectivity index (χ0) is 9.53. The second-order valence-corrected chi connectivity index (χ2v) is 6.42. The molecule has 0 aromatic rings. The lowest BCUT2D eigenvalue weighted by Crippen LogP contribution is -2.45. The maximum atomic E-state index is 11.9. The number of nitrogens with zero attached hydrogens (tertiary/aromatic N) is 1. The van der Waals surface area contributed by atoms with Gasteiger partial charge in [-0.2, -0.15) is 4.31 Å². The lowest BCUT2D eigenvalue weighted by atomic mass is 10.5. The molecule has 2 fully saturated rings. The highest BCUT2D eigenvalue weighted by Crippen LogP contribution is 2.44. The summed E-state index contributed by atoms with van der Waals surface area (Å²) in [5.41, 5.74) is 0. The molecule has 0 aromatic carbocycles. The first kappa shape index (κ1) is 9.43. The molecule has 2 aliphatic rings. The van der Waals surface area contributed by atoms with Crippen LogP contribution >= 0.6 is 0 Å². The first-order valence-corrected chi connectivity index (χ1v) is 6.08. The Morgan fingerprint density at radius 1 is 1.23 bits per heavy atom. The number of rotatable bonds is 2. The van der Waals surface area contributed by atoms with Gasteiger partial charge in [-0.3, -0.25) is 0 Å². The average Bonchev–Trinajstić information content (AvgIpc) is 2.87. The molecule has 0 aromatic heterocycles. The van der Waals surface area contributed by atoms with Crippen LogP contribution in [0, 0.1) is 0 Å². The fourth-order valence-corrected chi connectivity index (χ4v) is 3.40. The molecule has 2 rings (SSSR count). The van der Waals surface area contributed by atoms with Gasteiger partial charge in [-0.25, -0.2) is 8.42 Å². The minimum atomic E-state index is -3.04. The Balaban J connectivity index is 2.14. The normalized spacial score (nSPS) is 28.7. The molecule has 1 saturated carbocycles. The fourth-order valence-electron chi connectivity index (χ4n) is 1.53. The summed E-state index contributed by atoms with van der Waals surface area (Å²) in [5.74, 6) is 0. The smallest absolute Gasteiger partial charge is 0.219 e. The standard InChI is InChI=1S/C8H15NO3S/c1-8(2-3-8)13(10,11)9-4-6-12-7-5-9/h2-7H2,1H3. The van der Waals surface area contributed by atoms with Crippen molar-refractivity contribution in [1.29, 1.82) is 0 Å². The lowest BCUT2D eigenvalue weighted by molar-refractivity contribution is 0.0725. The van der Waals surface area contributed by atoms with Gasteiger partial charge in [0.15, 0.2) is 0 Å². The van der Waals surface area contributed by atoms with Crippen molar-refractivity contribution in [2.24, 2.45) is 0 Å². The van der Waals surface area contributed by atoms with E-state index < -0.39 is 14.8 Å². The molecule has 0 amide bonds. The predicted octanol–water partition coefficient (Wildman–Crippen LogP) is 0.201. The minimum Gasteiger partial charge on any atom is -0.379 e. The molecular weight excluding hydrogens is 190 g/mol. The second kappa shape index (κ2) is 2.93. The highest BCUT2D eigenvalue weighted by atomic mass is 32.2. The highest BCUT2D eigenvalue weighted by Gasteiger charge is 2.52. The fraction of sp³-hybridized carbons (Fsp3) is 1.00. The molecular formula is C8H15NO3S. The molecule has 5 heteroatoms. The number of sulfonamides is 1. The predicted molar refractivity (Wildman–Crippen MR) is 49.0 cm³/mol. The molecule has 0 N–H and O–H groups in total. The summed E-state index contributed by atoms with van der Waals surface area (Å²) in [5, 5.41) is 0. The molecule has 76 valence electrons. The van der Waals surface area contributed by atoms with Crippen molar-refractivity contribution in [2.75, 3.05) is 26.3 Å². The van der Waals surface area contributed by atoms with Gasteiger partial charge in [0.05, 0.1) is 18.0 Å². The summed E-state index contributed by atoms with van der Waals surface area (Å²) in [4.78, 5) is 0. The summed E-state index contributed by atoms with van der Waals surface area (Å²) in [6.07, 6.45) is 1.62. The average molecular weight is 205 g/mol. The molecule has 1 aliphatic carbocycles. The van der Waals surface area contributed by atoms with E-state index in [2.05, 4.69) is 0 Å². The van der Waals surface area contributed by atoms with E-state index in [0.29, 0.717) is 26.3 Å². The Kier molecular flexibility index (Phi) is 2.13. The molecule has 0 spiro atoms. The van der Waals surface area contributed by atoms with E-state index >= 15 is 0 Å². The van der Waals surface area contributed by atoms with Gasteiger partial charge in [-0.1, -0.05) is 0 Å². The van der Waals surface area contributed by atoms with Gasteiger partial charge in [0.1, 0.15) is 0 Å². The summed E-state index contributed by atoms with van der Waals surface area (Å²) in [7, 11) is -3.04. The second-order valence-electron chi connectivity index (χ2n) is 3.97. The van der Waals surface area contributed by atoms with Crippen molar-refractivity contribution in [3.63, 3.8) is 0 Å². The quantitative estimate of drug-likeness (QED) is 0.647. The molecule has 0 bridgehead atoms. The van der Waals surface area contributed by atoms with Crippen LogP contribution in [0.4, 0.5) is 0 Å². The van der Waals surface area contributed by atoms with Crippen LogP contribution in [-0.2, 0) is 14.8 Å². The Hall–Kier alpha value is -0.130. The topological polar surface area (TPSA) is 46.6 Å². The van der Waals surface area contributed by atoms with Crippen LogP contribution in [0.3, 0.4) is 0 Å². The SMILES string of the molecule is CC1(S(=O)(=O)N2CCOCC2)CC1. The number of hydrogen-bond acceptors (Lipinski definition) is 3. The van der Waals surface area contributed by atoms with Crippen LogP contribution in [0.2, 0.25) is 0 Å². The van der Waals surface area contributed by atoms with Crippen molar-refractivity contribution < 1.29 is 13.2 Å². The van der Waals surface area contributed by atoms with Gasteiger partial charge in [-0.05, 0) is 19.8 Å². The summed E-state index contributed by atoms with van der Waals surface area (Å²) in [6, 6.07) is 0. The van der Waals surface area contributed by atoms with E-state index in [9.17, 15) is 8.42 Å². The van der Waals surface area contributed by atoms with E-state index in [-0.39, 0.29) is 0 Å². The Bertz CT molecular complexity index is 289. The van der Waals surface area contributed by atoms with Crippen molar-refractivity contribution >= 4 is 10.0 Å². The maximum Gasteiger partial charge on any atom is 0.219 e. The first-order chi connectivity index (χ1) is 6.06. The van der Waals surface area contributed by atoms with Crippen molar-refractivity contribution in [3.8, 4) is 0 Å². The molecule has 1 aliphatic heterocycles. The van der Waals surface area contributed by atoms with Crippen LogP contribution in [-0.4, -0.2) is 43.8 Å². The summed E-state index contributed by atoms with van der Waals surface area (Å²) < 4.78 is 30.1. The molecule has 0 unspecified atom stereocenters. The largest absolute Gasteiger partial charge is 0.379 e. The van der Waals surface area contributed by atoms with Gasteiger partial charge >= 0.3 is 0 Å². The highest BCUT2D eigenvalue weighted by molar-refractivity contribution is 7.90. The number of ether oxygens (including phenoxy) is 1. The van der Waals surface area contributed by atoms with Crippen LogP contribution in [0.25, 0.3) is 0 Å². The van der Waals surface area contributed by atoms with Gasteiger partial charge in [-0.15, -0.1) is 0 Å². The summed E-state index contributed by atoms with van der Waals surface area (Å²) in [6.45, 7) is 3.96. The van der Waals surface area contributed by atoms with Crippen LogP contribution in [0.15, 0.2) is 0 Å². The zero-order valence-corrected chi connectivity index (χ0v) is 8.64. The summed E-state index contributed by atoms with van der Waals surface area (Å²) >= 11 is 0. The third-order valence-electron chi connectivity index (χ3n) is 2.89. The maximum absolute atomic E-state index is 11.9. The van der Waals surface area contributed by atoms with E-state index in [0.717, 1.165) is 12.8 Å². The molecule has 1 saturated heterocycles. The zero-order valence-electron chi connectivity index (χ0n) is 7.82. The van der Waals surface area contributed by atoms with E-state index in [1.807, 2.05) is 6.92 Å². The van der Waals surface area contributed by atoms with Gasteiger partial charge < -0.3 is 4.74 Å². The van der Waals surface area contributed by atoms with E-state index in [1.165, 1.54) is 0 Å². The van der Waals surface area contributed by atoms with Gasteiger partial charge in [0.25, 0.3) is 0 Å². The molecule has 4 nitrogen and oxygen atoms in total. The Morgan fingerprint density at radius 2 is 1.77 bits per heavy atom. The lowest BCUT2D eigenvalue weighted by Gasteiger charge is -2.28. The van der Waals surface area contributed by atoms with Gasteiger partial charge in [0, 0.05) is 13.1 Å². The Morgan fingerprint density at radius 3 is 2.23 bits per heavy atom. The van der Waals surface area contributed by atoms with Crippen LogP contribution in [0.1, 0.15) is 19.8 Å². The van der Waals surface area contributed by atoms with Crippen molar-refractivity contribution in [1.82, 2.24) is 4.31 Å². The van der Waals surface area contributed by atoms with Gasteiger partial charge in [0.2, 0.25) is 10.0 Å². The monoisotopic (exact) mass is 205 g/mol. The van der Waals surface area contributed by atoms with Crippen molar-refractivity contribution in [3.05, 3.63) is 0 Å². The third-order valence-corrected chi connectivity index (χ3v) is 5.59. The van der Waals surface area contributed by atoms with Crippen LogP contribution in [0.5, 0.6) is 0 Å². The molecule has 13 heavy (non-hydrogen) atoms. The number of morpholine rings is 1. The van der Waals surface area contributed by atoms with Crippen molar-refractivity contribution in [2.45, 2.75) is 24.5 Å². The van der Waals surface area contributed by atoms with E-state index in [4.69, 9.17) is 4.74 Å². The third kappa shape index (κ3) is 1.49. The molecule has 1 heterocycles. The Labute approximate surface area is 78.9 Å². The first-order valence-electron chi connectivity index (χ1n) is 4.64.